The molecule has 1 aromatic rings. The van der Waals surface area contributed by atoms with Crippen molar-refractivity contribution in [2.24, 2.45) is 5.92 Å². The van der Waals surface area contributed by atoms with Gasteiger partial charge in [-0.05, 0) is 50.4 Å². The predicted octanol–water partition coefficient (Wildman–Crippen LogP) is 2.64. The molecule has 1 aliphatic rings. The lowest BCUT2D eigenvalue weighted by Gasteiger charge is -2.22. The molecule has 1 aromatic carbocycles. The molecule has 0 radical (unpaired) electrons. The van der Waals surface area contributed by atoms with Crippen molar-refractivity contribution in [1.29, 1.82) is 0 Å². The van der Waals surface area contributed by atoms with Crippen LogP contribution in [0.5, 0.6) is 5.75 Å². The van der Waals surface area contributed by atoms with Gasteiger partial charge in [-0.15, -0.1) is 0 Å². The second-order valence-corrected chi connectivity index (χ2v) is 4.78. The summed E-state index contributed by atoms with van der Waals surface area (Å²) in [5.74, 6) is 0.716. The van der Waals surface area contributed by atoms with Gasteiger partial charge in [0, 0.05) is 18.3 Å². The van der Waals surface area contributed by atoms with Crippen molar-refractivity contribution in [3.8, 4) is 5.75 Å². The second kappa shape index (κ2) is 6.59. The maximum atomic E-state index is 13.5. The van der Waals surface area contributed by atoms with Crippen LogP contribution in [0.25, 0.3) is 0 Å². The molecule has 0 aromatic heterocycles. The van der Waals surface area contributed by atoms with Crippen molar-refractivity contribution >= 4 is 5.69 Å². The van der Waals surface area contributed by atoms with Crippen LogP contribution in [0.3, 0.4) is 0 Å². The van der Waals surface area contributed by atoms with Gasteiger partial charge in [0.05, 0.1) is 7.11 Å². The molecule has 3 nitrogen and oxygen atoms in total. The molecule has 0 amide bonds. The molecule has 0 saturated carbocycles. The maximum absolute atomic E-state index is 13.5. The molecule has 100 valence electrons. The molecular weight excluding hydrogens is 231 g/mol. The fourth-order valence-corrected chi connectivity index (χ4v) is 2.37. The lowest BCUT2D eigenvalue weighted by Crippen LogP contribution is -2.30. The second-order valence-electron chi connectivity index (χ2n) is 4.78. The quantitative estimate of drug-likeness (QED) is 0.845. The van der Waals surface area contributed by atoms with Crippen molar-refractivity contribution in [3.05, 3.63) is 24.0 Å². The number of anilines is 1. The van der Waals surface area contributed by atoms with Crippen LogP contribution >= 0.6 is 0 Å². The van der Waals surface area contributed by atoms with E-state index in [2.05, 4.69) is 10.6 Å². The first-order valence-electron chi connectivity index (χ1n) is 6.57. The largest absolute Gasteiger partial charge is 0.494 e. The van der Waals surface area contributed by atoms with E-state index in [4.69, 9.17) is 4.74 Å². The van der Waals surface area contributed by atoms with E-state index in [1.165, 1.54) is 26.0 Å². The molecule has 1 fully saturated rings. The minimum absolute atomic E-state index is 0.289. The zero-order chi connectivity index (χ0) is 12.8. The summed E-state index contributed by atoms with van der Waals surface area (Å²) in [5.41, 5.74) is 0.817. The lowest BCUT2D eigenvalue weighted by atomic mass is 9.96. The first-order valence-corrected chi connectivity index (χ1v) is 6.57. The highest BCUT2D eigenvalue weighted by Gasteiger charge is 2.12. The Morgan fingerprint density at radius 1 is 1.50 bits per heavy atom. The molecule has 0 bridgehead atoms. The van der Waals surface area contributed by atoms with Crippen LogP contribution in [-0.2, 0) is 0 Å². The van der Waals surface area contributed by atoms with E-state index in [-0.39, 0.29) is 11.6 Å². The van der Waals surface area contributed by atoms with Gasteiger partial charge in [-0.25, -0.2) is 4.39 Å². The van der Waals surface area contributed by atoms with Gasteiger partial charge in [-0.2, -0.15) is 0 Å². The molecule has 1 heterocycles. The Hall–Kier alpha value is -1.29. The van der Waals surface area contributed by atoms with Gasteiger partial charge in [-0.3, -0.25) is 0 Å². The Labute approximate surface area is 108 Å². The third kappa shape index (κ3) is 3.60. The predicted molar refractivity (Wildman–Crippen MR) is 71.7 cm³/mol. The van der Waals surface area contributed by atoms with Crippen molar-refractivity contribution < 1.29 is 9.13 Å². The highest BCUT2D eigenvalue weighted by molar-refractivity contribution is 5.47. The number of nitrogens with one attached hydrogen (secondary N) is 2. The molecule has 0 aliphatic carbocycles. The Morgan fingerprint density at radius 3 is 3.06 bits per heavy atom. The summed E-state index contributed by atoms with van der Waals surface area (Å²) in [6, 6.07) is 4.98. The third-order valence-corrected chi connectivity index (χ3v) is 3.43. The van der Waals surface area contributed by atoms with Crippen LogP contribution in [0.4, 0.5) is 10.1 Å². The number of hydrogen-bond donors (Lipinski definition) is 2. The standard InChI is InChI=1S/C14H21FN2O/c1-18-14-5-4-12(9-13(14)15)17-8-6-11-3-2-7-16-10-11/h4-5,9,11,16-17H,2-3,6-8,10H2,1H3. The van der Waals surface area contributed by atoms with E-state index < -0.39 is 0 Å². The summed E-state index contributed by atoms with van der Waals surface area (Å²) >= 11 is 0. The van der Waals surface area contributed by atoms with E-state index in [0.29, 0.717) is 0 Å². The summed E-state index contributed by atoms with van der Waals surface area (Å²) < 4.78 is 18.3. The third-order valence-electron chi connectivity index (χ3n) is 3.43. The van der Waals surface area contributed by atoms with Crippen molar-refractivity contribution in [3.63, 3.8) is 0 Å². The summed E-state index contributed by atoms with van der Waals surface area (Å²) in [4.78, 5) is 0. The van der Waals surface area contributed by atoms with Gasteiger partial charge in [0.25, 0.3) is 0 Å². The summed E-state index contributed by atoms with van der Waals surface area (Å²) in [7, 11) is 1.47. The van der Waals surface area contributed by atoms with Gasteiger partial charge >= 0.3 is 0 Å². The van der Waals surface area contributed by atoms with Gasteiger partial charge in [0.15, 0.2) is 11.6 Å². The molecule has 0 spiro atoms. The van der Waals surface area contributed by atoms with Crippen LogP contribution in [0.15, 0.2) is 18.2 Å². The first kappa shape index (κ1) is 13.1. The summed E-state index contributed by atoms with van der Waals surface area (Å²) in [5, 5.41) is 6.66. The number of rotatable bonds is 5. The van der Waals surface area contributed by atoms with Gasteiger partial charge in [0.1, 0.15) is 0 Å². The maximum Gasteiger partial charge on any atom is 0.167 e. The topological polar surface area (TPSA) is 33.3 Å². The first-order chi connectivity index (χ1) is 8.79. The van der Waals surface area contributed by atoms with E-state index in [9.17, 15) is 4.39 Å². The van der Waals surface area contributed by atoms with E-state index in [1.807, 2.05) is 6.07 Å². The van der Waals surface area contributed by atoms with Crippen LogP contribution < -0.4 is 15.4 Å². The van der Waals surface area contributed by atoms with Crippen LogP contribution in [0.2, 0.25) is 0 Å². The van der Waals surface area contributed by atoms with Crippen LogP contribution in [0, 0.1) is 11.7 Å². The zero-order valence-electron chi connectivity index (χ0n) is 10.8. The van der Waals surface area contributed by atoms with Crippen LogP contribution in [-0.4, -0.2) is 26.7 Å². The van der Waals surface area contributed by atoms with Gasteiger partial charge in [0.2, 0.25) is 0 Å². The highest BCUT2D eigenvalue weighted by atomic mass is 19.1. The average Bonchev–Trinajstić information content (AvgIpc) is 2.40. The normalized spacial score (nSPS) is 19.6. The Morgan fingerprint density at radius 2 is 2.39 bits per heavy atom. The molecule has 2 rings (SSSR count). The van der Waals surface area contributed by atoms with Crippen molar-refractivity contribution in [2.75, 3.05) is 32.1 Å². The molecule has 1 unspecified atom stereocenters. The monoisotopic (exact) mass is 252 g/mol. The minimum Gasteiger partial charge on any atom is -0.494 e. The fraction of sp³-hybridized carbons (Fsp3) is 0.571. The van der Waals surface area contributed by atoms with E-state index >= 15 is 0 Å². The molecule has 1 aliphatic heterocycles. The Kier molecular flexibility index (Phi) is 4.81. The Balaban J connectivity index is 1.77. The lowest BCUT2D eigenvalue weighted by molar-refractivity contribution is 0.364. The van der Waals surface area contributed by atoms with Gasteiger partial charge in [-0.1, -0.05) is 0 Å². The minimum atomic E-state index is -0.318. The van der Waals surface area contributed by atoms with Crippen molar-refractivity contribution in [2.45, 2.75) is 19.3 Å². The number of halogens is 1. The van der Waals surface area contributed by atoms with E-state index in [0.717, 1.165) is 37.7 Å². The number of hydrogen-bond acceptors (Lipinski definition) is 3. The number of methoxy groups -OCH3 is 1. The summed E-state index contributed by atoms with van der Waals surface area (Å²) in [6.45, 7) is 3.14. The molecular formula is C14H21FN2O. The number of piperidine rings is 1. The molecule has 4 heteroatoms. The summed E-state index contributed by atoms with van der Waals surface area (Å²) in [6.07, 6.45) is 3.69. The zero-order valence-corrected chi connectivity index (χ0v) is 10.8. The SMILES string of the molecule is COc1ccc(NCCC2CCCNC2)cc1F. The molecule has 2 N–H and O–H groups in total. The average molecular weight is 252 g/mol. The molecule has 18 heavy (non-hydrogen) atoms. The van der Waals surface area contributed by atoms with Gasteiger partial charge < -0.3 is 15.4 Å². The van der Waals surface area contributed by atoms with Crippen molar-refractivity contribution in [1.82, 2.24) is 5.32 Å². The van der Waals surface area contributed by atoms with Crippen LogP contribution in [0.1, 0.15) is 19.3 Å². The smallest absolute Gasteiger partial charge is 0.167 e. The Bertz CT molecular complexity index is 378. The molecule has 1 saturated heterocycles. The highest BCUT2D eigenvalue weighted by Crippen LogP contribution is 2.21. The molecule has 1 atom stereocenters. The van der Waals surface area contributed by atoms with E-state index in [1.54, 1.807) is 6.07 Å². The fourth-order valence-electron chi connectivity index (χ4n) is 2.37. The number of benzene rings is 1. The number of ether oxygens (including phenoxy) is 1.